The highest BCUT2D eigenvalue weighted by molar-refractivity contribution is 6.08. The van der Waals surface area contributed by atoms with Crippen molar-refractivity contribution in [1.29, 1.82) is 0 Å². The molecule has 103 heavy (non-hydrogen) atoms. The highest BCUT2D eigenvalue weighted by Gasteiger charge is 2.35. The molecule has 25 nitrogen and oxygen atoms in total. The van der Waals surface area contributed by atoms with Crippen molar-refractivity contribution in [3.05, 3.63) is 167 Å². The van der Waals surface area contributed by atoms with Crippen LogP contribution in [0.1, 0.15) is 98.7 Å². The average Bonchev–Trinajstić information content (AvgIpc) is 1.59. The van der Waals surface area contributed by atoms with Crippen LogP contribution in [0.4, 0.5) is 51.6 Å². The number of benzene rings is 2. The third-order valence-electron chi connectivity index (χ3n) is 22.4. The van der Waals surface area contributed by atoms with E-state index in [1.807, 2.05) is 91.3 Å². The van der Waals surface area contributed by atoms with Crippen molar-refractivity contribution < 1.29 is 14.4 Å². The first-order chi connectivity index (χ1) is 50.3. The average molecular weight is 1380 g/mol. The minimum atomic E-state index is -0.0996. The van der Waals surface area contributed by atoms with E-state index in [1.54, 1.807) is 12.4 Å². The zero-order chi connectivity index (χ0) is 70.0. The third-order valence-corrected chi connectivity index (χ3v) is 22.4. The van der Waals surface area contributed by atoms with Crippen molar-refractivity contribution in [2.24, 2.45) is 18.9 Å². The van der Waals surface area contributed by atoms with Crippen LogP contribution >= 0.6 is 0 Å². The van der Waals surface area contributed by atoms with Gasteiger partial charge < -0.3 is 66.3 Å². The van der Waals surface area contributed by atoms with E-state index in [4.69, 9.17) is 4.98 Å². The van der Waals surface area contributed by atoms with Crippen LogP contribution in [0.2, 0.25) is 0 Å². The second-order valence-corrected chi connectivity index (χ2v) is 29.3. The minimum absolute atomic E-state index is 0.0391. The minimum Gasteiger partial charge on any atom is -0.368 e. The maximum absolute atomic E-state index is 12.8. The molecule has 25 heteroatoms. The number of aryl methyl sites for hydroxylation is 3. The topological polar surface area (TPSA) is 257 Å². The van der Waals surface area contributed by atoms with E-state index >= 15 is 0 Å². The molecule has 8 aromatic heterocycles. The Morgan fingerprint density at radius 1 is 0.427 bits per heavy atom. The molecule has 4 fully saturated rings. The normalized spacial score (nSPS) is 20.4. The van der Waals surface area contributed by atoms with Crippen molar-refractivity contribution in [3.63, 3.8) is 0 Å². The van der Waals surface area contributed by atoms with Gasteiger partial charge in [-0.25, -0.2) is 19.9 Å². The Kier molecular flexibility index (Phi) is 17.5. The lowest BCUT2D eigenvalue weighted by Crippen LogP contribution is -2.51. The molecule has 10 aromatic rings. The van der Waals surface area contributed by atoms with Gasteiger partial charge in [-0.05, 0) is 147 Å². The van der Waals surface area contributed by atoms with Crippen molar-refractivity contribution in [2.75, 3.05) is 110 Å². The number of piperazine rings is 3. The number of nitrogens with one attached hydrogen (secondary N) is 7. The number of hydrogen-bond donors (Lipinski definition) is 7. The molecule has 0 spiro atoms. The lowest BCUT2D eigenvalue weighted by atomic mass is 9.91. The SMILES string of the molecule is C[C@@H]1CCn2ncc(-c3ccc(Nc4ccc(N5CCN(C)CC5)cn4)c4c3CNC4=O)c2C1.C[C@H]1CCn2ncc(-c3ccc(Nc4ccc(N5CCN(C)CC5)cn4)c4c3CNC4=O)c2C1.Cn1ccc2c(-c3ncc(Nc4ccc(N5CC6CCC(C5)N6)cn4)c4c3CNC4=O)ccnc21. The molecule has 0 saturated carbocycles. The number of pyridine rings is 5. The molecule has 3 amide bonds. The first-order valence-electron chi connectivity index (χ1n) is 36.5. The standard InChI is InChI=1S/C26H26N8O.2C26H31N7O/c1-33-9-7-19-18(6-8-27-25(19)33)24-20-11-30-26(35)23(20)21(12-29-24)32-22-5-4-17(10-28-22)34-13-15-2-3-16(14-34)31-15;2*1-17-7-8-33-23(13-17)20(16-29-33)19-4-5-22(25-21(19)15-28-26(25)34)30-24-6-3-18(14-27-24)32-11-9-31(2)10-12-32/h4-10,12,15-16,31H,2-3,11,13-14H2,1H3,(H,28,32)(H,30,35);2*3-6,14,16-17H,7-13,15H2,1-2H3,(H,27,30)(H,28,34)/t;2*17-/m.10/s1. The molecular weight excluding hydrogens is 1290 g/mol. The molecule has 2 bridgehead atoms. The number of nitrogens with zero attached hydrogens (tertiary/aromatic N) is 15. The summed E-state index contributed by atoms with van der Waals surface area (Å²) in [6, 6.07) is 25.7. The van der Waals surface area contributed by atoms with Crippen LogP contribution in [0.5, 0.6) is 0 Å². The number of hydrogen-bond acceptors (Lipinski definition) is 19. The van der Waals surface area contributed by atoms with E-state index in [1.165, 1.54) is 24.2 Å². The van der Waals surface area contributed by atoms with Crippen molar-refractivity contribution in [1.82, 2.24) is 80.1 Å². The van der Waals surface area contributed by atoms with Gasteiger partial charge in [-0.2, -0.15) is 10.2 Å². The number of carbonyl (C=O) groups is 3. The summed E-state index contributed by atoms with van der Waals surface area (Å²) in [4.78, 5) is 73.5. The molecule has 9 aliphatic rings. The quantitative estimate of drug-likeness (QED) is 0.0601. The molecule has 9 aliphatic heterocycles. The summed E-state index contributed by atoms with van der Waals surface area (Å²) in [6.45, 7) is 18.4. The summed E-state index contributed by atoms with van der Waals surface area (Å²) in [7, 11) is 6.29. The van der Waals surface area contributed by atoms with Crippen LogP contribution in [-0.2, 0) is 52.6 Å². The smallest absolute Gasteiger partial charge is 0.254 e. The number of rotatable bonds is 12. The Labute approximate surface area is 598 Å². The van der Waals surface area contributed by atoms with E-state index in [0.717, 1.165) is 206 Å². The van der Waals surface area contributed by atoms with Gasteiger partial charge in [-0.3, -0.25) is 28.7 Å². The Morgan fingerprint density at radius 3 is 1.38 bits per heavy atom. The number of anilines is 9. The summed E-state index contributed by atoms with van der Waals surface area (Å²) in [6.07, 6.45) is 22.1. The van der Waals surface area contributed by atoms with E-state index in [0.29, 0.717) is 71.7 Å². The number of carbonyl (C=O) groups excluding carboxylic acids is 3. The molecule has 7 N–H and O–H groups in total. The molecular formula is C78H88N22O3. The molecule has 4 saturated heterocycles. The van der Waals surface area contributed by atoms with E-state index in [9.17, 15) is 14.4 Å². The van der Waals surface area contributed by atoms with Crippen molar-refractivity contribution in [3.8, 4) is 33.5 Å². The van der Waals surface area contributed by atoms with Crippen molar-refractivity contribution >= 4 is 80.3 Å². The Morgan fingerprint density at radius 2 is 0.893 bits per heavy atom. The zero-order valence-electron chi connectivity index (χ0n) is 59.1. The first kappa shape index (κ1) is 65.5. The van der Waals surface area contributed by atoms with Gasteiger partial charge in [0.1, 0.15) is 23.1 Å². The van der Waals surface area contributed by atoms with Gasteiger partial charge in [0.05, 0.1) is 93.7 Å². The van der Waals surface area contributed by atoms with Crippen LogP contribution in [0.25, 0.3) is 44.5 Å². The van der Waals surface area contributed by atoms with Crippen LogP contribution in [-0.4, -0.2) is 168 Å². The fourth-order valence-corrected chi connectivity index (χ4v) is 16.5. The van der Waals surface area contributed by atoms with E-state index in [-0.39, 0.29) is 17.7 Å². The van der Waals surface area contributed by atoms with Crippen LogP contribution in [0, 0.1) is 11.8 Å². The number of aromatic nitrogens is 10. The lowest BCUT2D eigenvalue weighted by Gasteiger charge is -2.34. The second-order valence-electron chi connectivity index (χ2n) is 29.3. The van der Waals surface area contributed by atoms with Gasteiger partial charge in [0.25, 0.3) is 17.7 Å². The molecule has 4 atom stereocenters. The van der Waals surface area contributed by atoms with Gasteiger partial charge in [-0.15, -0.1) is 0 Å². The highest BCUT2D eigenvalue weighted by Crippen LogP contribution is 2.42. The molecule has 2 aromatic carbocycles. The molecule has 0 aliphatic carbocycles. The summed E-state index contributed by atoms with van der Waals surface area (Å²) >= 11 is 0. The highest BCUT2D eigenvalue weighted by atomic mass is 16.2. The second kappa shape index (κ2) is 27.5. The largest absolute Gasteiger partial charge is 0.368 e. The molecule has 0 radical (unpaired) electrons. The molecule has 19 rings (SSSR count). The van der Waals surface area contributed by atoms with Gasteiger partial charge in [0.15, 0.2) is 0 Å². The van der Waals surface area contributed by atoms with Crippen LogP contribution in [0.3, 0.4) is 0 Å². The summed E-state index contributed by atoms with van der Waals surface area (Å²) in [5, 5.41) is 33.1. The number of amides is 3. The molecule has 528 valence electrons. The maximum atomic E-state index is 12.8. The third kappa shape index (κ3) is 12.9. The van der Waals surface area contributed by atoms with Gasteiger partial charge >= 0.3 is 0 Å². The first-order valence-corrected chi connectivity index (χ1v) is 36.5. The summed E-state index contributed by atoms with van der Waals surface area (Å²) in [5.41, 5.74) is 20.4. The van der Waals surface area contributed by atoms with Gasteiger partial charge in [0, 0.05) is 169 Å². The predicted molar refractivity (Wildman–Crippen MR) is 402 cm³/mol. The Bertz CT molecular complexity index is 4670. The van der Waals surface area contributed by atoms with Crippen LogP contribution < -0.4 is 51.9 Å². The van der Waals surface area contributed by atoms with E-state index in [2.05, 4.69) is 159 Å². The lowest BCUT2D eigenvalue weighted by molar-refractivity contribution is 0.0958. The predicted octanol–water partition coefficient (Wildman–Crippen LogP) is 9.49. The van der Waals surface area contributed by atoms with Gasteiger partial charge in [0.2, 0.25) is 0 Å². The summed E-state index contributed by atoms with van der Waals surface area (Å²) < 4.78 is 6.24. The number of likely N-dealkylation sites (N-methyl/N-ethyl adjacent to an activating group) is 2. The Hall–Kier alpha value is -10.8. The fourth-order valence-electron chi connectivity index (χ4n) is 16.5. The summed E-state index contributed by atoms with van der Waals surface area (Å²) in [5.74, 6) is 3.29. The number of fused-ring (bicyclic) bond motifs is 8. The van der Waals surface area contributed by atoms with Crippen molar-refractivity contribution in [2.45, 2.75) is 97.2 Å². The molecule has 2 unspecified atom stereocenters. The Balaban J connectivity index is 0.000000115. The fraction of sp³-hybridized carbons (Fsp3) is 0.385. The molecule has 17 heterocycles. The van der Waals surface area contributed by atoms with Crippen LogP contribution in [0.15, 0.2) is 122 Å². The van der Waals surface area contributed by atoms with E-state index < -0.39 is 0 Å². The maximum Gasteiger partial charge on any atom is 0.254 e. The van der Waals surface area contributed by atoms with Gasteiger partial charge in [-0.1, -0.05) is 26.0 Å². The monoisotopic (exact) mass is 1380 g/mol. The zero-order valence-corrected chi connectivity index (χ0v) is 59.1.